The third kappa shape index (κ3) is 3.98. The van der Waals surface area contributed by atoms with Gasteiger partial charge in [0.05, 0.1) is 12.7 Å². The zero-order valence-electron chi connectivity index (χ0n) is 11.2. The predicted octanol–water partition coefficient (Wildman–Crippen LogP) is -1.02. The molecule has 0 unspecified atom stereocenters. The minimum atomic E-state index is -0.512. The minimum Gasteiger partial charge on any atom is -0.465 e. The van der Waals surface area contributed by atoms with Crippen LogP contribution in [0.25, 0.3) is 0 Å². The van der Waals surface area contributed by atoms with Gasteiger partial charge in [-0.25, -0.2) is 4.79 Å². The van der Waals surface area contributed by atoms with Crippen molar-refractivity contribution in [2.24, 2.45) is 0 Å². The van der Waals surface area contributed by atoms with E-state index in [1.807, 2.05) is 24.3 Å². The van der Waals surface area contributed by atoms with Crippen LogP contribution in [0.4, 0.5) is 0 Å². The summed E-state index contributed by atoms with van der Waals surface area (Å²) < 4.78 is 6.93. The van der Waals surface area contributed by atoms with Crippen LogP contribution in [0, 0.1) is 7.14 Å². The van der Waals surface area contributed by atoms with Crippen LogP contribution in [0.15, 0.2) is 48.5 Å². The largest absolute Gasteiger partial charge is 0.465 e. The SMILES string of the molecule is COC(=O)c1ccc([I+]c2ccc(C(=O)C=O)cc2)cc1. The molecule has 2 aromatic carbocycles. The van der Waals surface area contributed by atoms with Gasteiger partial charge in [-0.3, -0.25) is 9.59 Å². The Labute approximate surface area is 132 Å². The molecule has 2 aromatic rings. The van der Waals surface area contributed by atoms with Crippen molar-refractivity contribution in [2.45, 2.75) is 0 Å². The molecule has 0 aliphatic carbocycles. The van der Waals surface area contributed by atoms with E-state index < -0.39 is 27.0 Å². The Morgan fingerprint density at radius 1 is 0.905 bits per heavy atom. The van der Waals surface area contributed by atoms with E-state index in [9.17, 15) is 14.4 Å². The predicted molar refractivity (Wildman–Crippen MR) is 72.0 cm³/mol. The topological polar surface area (TPSA) is 60.4 Å². The van der Waals surface area contributed by atoms with Crippen LogP contribution in [0.3, 0.4) is 0 Å². The van der Waals surface area contributed by atoms with Crippen molar-refractivity contribution < 1.29 is 40.3 Å². The number of aldehydes is 1. The number of benzene rings is 2. The molecule has 0 aliphatic heterocycles. The number of ether oxygens (including phenoxy) is 1. The minimum absolute atomic E-state index is 0.315. The molecule has 0 aliphatic rings. The van der Waals surface area contributed by atoms with Crippen molar-refractivity contribution in [1.29, 1.82) is 0 Å². The molecule has 0 amide bonds. The fraction of sp³-hybridized carbons (Fsp3) is 0.0625. The van der Waals surface area contributed by atoms with Gasteiger partial charge in [-0.1, -0.05) is 0 Å². The summed E-state index contributed by atoms with van der Waals surface area (Å²) in [5.41, 5.74) is 0.927. The van der Waals surface area contributed by atoms with Gasteiger partial charge in [-0.2, -0.15) is 0 Å². The number of Topliss-reactive ketones (excluding diaryl/α,β-unsaturated/α-hetero) is 1. The van der Waals surface area contributed by atoms with Crippen molar-refractivity contribution >= 4 is 18.0 Å². The molecule has 0 radical (unpaired) electrons. The molecule has 4 nitrogen and oxygen atoms in total. The van der Waals surface area contributed by atoms with Gasteiger partial charge < -0.3 is 4.74 Å². The van der Waals surface area contributed by atoms with Gasteiger partial charge in [0.1, 0.15) is 0 Å². The van der Waals surface area contributed by atoms with Crippen molar-refractivity contribution in [3.63, 3.8) is 0 Å². The van der Waals surface area contributed by atoms with Crippen LogP contribution < -0.4 is 21.2 Å². The molecule has 0 atom stereocenters. The molecule has 0 spiro atoms. The zero-order valence-corrected chi connectivity index (χ0v) is 13.4. The lowest BCUT2D eigenvalue weighted by Gasteiger charge is -1.96. The molecule has 106 valence electrons. The highest BCUT2D eigenvalue weighted by Gasteiger charge is 2.17. The zero-order chi connectivity index (χ0) is 15.2. The Kier molecular flexibility index (Phi) is 5.21. The summed E-state index contributed by atoms with van der Waals surface area (Å²) >= 11 is -0.397. The molecule has 0 saturated carbocycles. The summed E-state index contributed by atoms with van der Waals surface area (Å²) in [5, 5.41) is 0. The summed E-state index contributed by atoms with van der Waals surface area (Å²) in [5.74, 6) is -0.862. The van der Waals surface area contributed by atoms with Crippen molar-refractivity contribution in [1.82, 2.24) is 0 Å². The number of carbonyl (C=O) groups is 3. The van der Waals surface area contributed by atoms with Gasteiger partial charge in [-0.05, 0) is 48.5 Å². The maximum absolute atomic E-state index is 11.3. The summed E-state index contributed by atoms with van der Waals surface area (Å²) in [4.78, 5) is 33.0. The highest BCUT2D eigenvalue weighted by Crippen LogP contribution is 2.00. The van der Waals surface area contributed by atoms with E-state index in [4.69, 9.17) is 0 Å². The fourth-order valence-electron chi connectivity index (χ4n) is 1.64. The number of hydrogen-bond acceptors (Lipinski definition) is 4. The molecule has 0 bridgehead atoms. The van der Waals surface area contributed by atoms with E-state index >= 15 is 0 Å². The number of ketones is 1. The first-order valence-electron chi connectivity index (χ1n) is 6.07. The number of carbonyl (C=O) groups excluding carboxylic acids is 3. The van der Waals surface area contributed by atoms with Crippen LogP contribution in [-0.4, -0.2) is 25.1 Å². The standard InChI is InChI=1S/C16H12IO4/c1-21-16(20)12-4-8-14(9-5-12)17-13-6-2-11(3-7-13)15(19)10-18/h2-10H,1H3/q+1. The number of rotatable bonds is 5. The first-order chi connectivity index (χ1) is 10.1. The second-order valence-electron chi connectivity index (χ2n) is 4.08. The summed E-state index contributed by atoms with van der Waals surface area (Å²) in [6, 6.07) is 14.3. The Hall–Kier alpha value is -2.02. The number of hydrogen-bond donors (Lipinski definition) is 0. The van der Waals surface area contributed by atoms with Crippen LogP contribution in [0.1, 0.15) is 20.7 Å². The van der Waals surface area contributed by atoms with Gasteiger partial charge in [0, 0.05) is 5.56 Å². The van der Waals surface area contributed by atoms with Crippen LogP contribution >= 0.6 is 0 Å². The highest BCUT2D eigenvalue weighted by molar-refractivity contribution is 6.33. The number of esters is 1. The Bertz CT molecular complexity index is 660. The first-order valence-corrected chi connectivity index (χ1v) is 8.22. The molecular weight excluding hydrogens is 383 g/mol. The molecule has 0 fully saturated rings. The van der Waals surface area contributed by atoms with Crippen LogP contribution in [-0.2, 0) is 9.53 Å². The molecule has 5 heteroatoms. The van der Waals surface area contributed by atoms with E-state index in [0.29, 0.717) is 17.4 Å². The maximum Gasteiger partial charge on any atom is 0.357 e. The third-order valence-electron chi connectivity index (χ3n) is 2.72. The maximum atomic E-state index is 11.3. The molecule has 0 saturated heterocycles. The second kappa shape index (κ2) is 7.12. The van der Waals surface area contributed by atoms with E-state index in [0.717, 1.165) is 7.14 Å². The van der Waals surface area contributed by atoms with E-state index in [2.05, 4.69) is 4.74 Å². The van der Waals surface area contributed by atoms with Gasteiger partial charge in [0.15, 0.2) is 13.4 Å². The summed E-state index contributed by atoms with van der Waals surface area (Å²) in [6.07, 6.45) is 0.315. The van der Waals surface area contributed by atoms with E-state index in [1.54, 1.807) is 24.3 Å². The molecule has 0 aromatic heterocycles. The average molecular weight is 395 g/mol. The Morgan fingerprint density at radius 3 is 1.81 bits per heavy atom. The molecule has 0 heterocycles. The van der Waals surface area contributed by atoms with E-state index in [1.165, 1.54) is 7.11 Å². The van der Waals surface area contributed by atoms with E-state index in [-0.39, 0.29) is 5.97 Å². The molecule has 2 rings (SSSR count). The lowest BCUT2D eigenvalue weighted by molar-refractivity contribution is -0.597. The van der Waals surface area contributed by atoms with Crippen molar-refractivity contribution in [3.05, 3.63) is 66.8 Å². The van der Waals surface area contributed by atoms with Gasteiger partial charge in [-0.15, -0.1) is 0 Å². The second-order valence-corrected chi connectivity index (χ2v) is 7.11. The molecule has 0 N–H and O–H groups in total. The third-order valence-corrected chi connectivity index (χ3v) is 5.40. The highest BCUT2D eigenvalue weighted by atomic mass is 127. The lowest BCUT2D eigenvalue weighted by Crippen LogP contribution is -3.61. The fourth-order valence-corrected chi connectivity index (χ4v) is 3.80. The van der Waals surface area contributed by atoms with Crippen molar-refractivity contribution in [3.8, 4) is 0 Å². The average Bonchev–Trinajstić information content (AvgIpc) is 2.55. The van der Waals surface area contributed by atoms with Crippen LogP contribution in [0.5, 0.6) is 0 Å². The van der Waals surface area contributed by atoms with Crippen LogP contribution in [0.2, 0.25) is 0 Å². The normalized spacial score (nSPS) is 9.95. The molecule has 21 heavy (non-hydrogen) atoms. The summed E-state index contributed by atoms with van der Waals surface area (Å²) in [6.45, 7) is 0. The van der Waals surface area contributed by atoms with Gasteiger partial charge in [0.25, 0.3) is 0 Å². The van der Waals surface area contributed by atoms with Gasteiger partial charge >= 0.3 is 27.2 Å². The Balaban J connectivity index is 2.09. The number of methoxy groups -OCH3 is 1. The first kappa shape index (κ1) is 15.4. The quantitative estimate of drug-likeness (QED) is 0.214. The lowest BCUT2D eigenvalue weighted by atomic mass is 10.1. The van der Waals surface area contributed by atoms with Gasteiger partial charge in [0.2, 0.25) is 5.78 Å². The van der Waals surface area contributed by atoms with Crippen molar-refractivity contribution in [2.75, 3.05) is 7.11 Å². The monoisotopic (exact) mass is 395 g/mol. The smallest absolute Gasteiger partial charge is 0.357 e. The Morgan fingerprint density at radius 2 is 1.38 bits per heavy atom. The molecular formula is C16H12IO4+. The summed E-state index contributed by atoms with van der Waals surface area (Å²) in [7, 11) is 1.35. The number of halogens is 1.